The van der Waals surface area contributed by atoms with Crippen molar-refractivity contribution in [1.82, 2.24) is 5.32 Å². The molecule has 0 atom stereocenters. The van der Waals surface area contributed by atoms with E-state index in [1.54, 1.807) is 0 Å². The third kappa shape index (κ3) is 4.74. The zero-order chi connectivity index (χ0) is 11.6. The van der Waals surface area contributed by atoms with Gasteiger partial charge in [0.15, 0.2) is 0 Å². The van der Waals surface area contributed by atoms with E-state index in [0.29, 0.717) is 12.6 Å². The summed E-state index contributed by atoms with van der Waals surface area (Å²) in [5.74, 6) is 0.269. The molecule has 0 heterocycles. The molecular weight excluding hydrogens is 200 g/mol. The highest BCUT2D eigenvalue weighted by Gasteiger charge is 2.19. The number of nitrogens with one attached hydrogen (secondary N) is 1. The Morgan fingerprint density at radius 3 is 2.75 bits per heavy atom. The normalized spacial score (nSPS) is 25.7. The van der Waals surface area contributed by atoms with Gasteiger partial charge in [0.25, 0.3) is 0 Å². The number of rotatable bonds is 5. The molecule has 0 radical (unpaired) electrons. The van der Waals surface area contributed by atoms with Crippen molar-refractivity contribution in [2.24, 2.45) is 15.9 Å². The Kier molecular flexibility index (Phi) is 5.94. The maximum Gasteiger partial charge on any atom is 0.109 e. The first-order valence-corrected chi connectivity index (χ1v) is 5.61. The summed E-state index contributed by atoms with van der Waals surface area (Å²) in [7, 11) is 0. The van der Waals surface area contributed by atoms with E-state index in [9.17, 15) is 0 Å². The van der Waals surface area contributed by atoms with Crippen LogP contribution in [0.3, 0.4) is 0 Å². The molecule has 0 aliphatic heterocycles. The van der Waals surface area contributed by atoms with E-state index in [1.807, 2.05) is 12.3 Å². The highest BCUT2D eigenvalue weighted by Crippen LogP contribution is 2.23. The zero-order valence-electron chi connectivity index (χ0n) is 9.47. The third-order valence-corrected chi connectivity index (χ3v) is 2.73. The van der Waals surface area contributed by atoms with Crippen molar-refractivity contribution in [1.29, 1.82) is 5.26 Å². The first-order valence-electron chi connectivity index (χ1n) is 5.61. The predicted molar refractivity (Wildman–Crippen MR) is 66.5 cm³/mol. The molecule has 86 valence electrons. The average molecular weight is 218 g/mol. The SMILES string of the molecule is C=NC=NC/C=C/NC1CCC(C#N)CC1. The van der Waals surface area contributed by atoms with Gasteiger partial charge in [-0.1, -0.05) is 0 Å². The van der Waals surface area contributed by atoms with E-state index in [1.165, 1.54) is 6.34 Å². The highest BCUT2D eigenvalue weighted by atomic mass is 14.9. The topological polar surface area (TPSA) is 60.5 Å². The van der Waals surface area contributed by atoms with Gasteiger partial charge in [-0.2, -0.15) is 5.26 Å². The molecule has 0 bridgehead atoms. The van der Waals surface area contributed by atoms with Crippen molar-refractivity contribution < 1.29 is 0 Å². The fourth-order valence-corrected chi connectivity index (χ4v) is 1.81. The summed E-state index contributed by atoms with van der Waals surface area (Å²) >= 11 is 0. The summed E-state index contributed by atoms with van der Waals surface area (Å²) in [6.45, 7) is 3.93. The number of nitriles is 1. The molecular formula is C12H18N4. The average Bonchev–Trinajstić information content (AvgIpc) is 2.34. The van der Waals surface area contributed by atoms with Gasteiger partial charge in [0.1, 0.15) is 6.34 Å². The number of aliphatic imine (C=N–C) groups is 2. The minimum absolute atomic E-state index is 0.269. The molecule has 1 N–H and O–H groups in total. The lowest BCUT2D eigenvalue weighted by Crippen LogP contribution is -2.29. The van der Waals surface area contributed by atoms with Crippen molar-refractivity contribution in [3.8, 4) is 6.07 Å². The van der Waals surface area contributed by atoms with E-state index in [4.69, 9.17) is 5.26 Å². The molecule has 1 saturated carbocycles. The predicted octanol–water partition coefficient (Wildman–Crippen LogP) is 1.90. The van der Waals surface area contributed by atoms with Gasteiger partial charge >= 0.3 is 0 Å². The zero-order valence-corrected chi connectivity index (χ0v) is 9.47. The summed E-state index contributed by atoms with van der Waals surface area (Å²) in [5.41, 5.74) is 0. The van der Waals surface area contributed by atoms with Crippen molar-refractivity contribution in [2.45, 2.75) is 31.7 Å². The first kappa shape index (κ1) is 12.4. The van der Waals surface area contributed by atoms with Crippen molar-refractivity contribution in [3.05, 3.63) is 12.3 Å². The number of nitrogens with zero attached hydrogens (tertiary/aromatic N) is 3. The van der Waals surface area contributed by atoms with Gasteiger partial charge in [0.05, 0.1) is 12.6 Å². The summed E-state index contributed by atoms with van der Waals surface area (Å²) in [5, 5.41) is 12.1. The molecule has 0 unspecified atom stereocenters. The Balaban J connectivity index is 2.12. The number of hydrogen-bond acceptors (Lipinski definition) is 3. The van der Waals surface area contributed by atoms with E-state index in [2.05, 4.69) is 28.1 Å². The maximum absolute atomic E-state index is 8.76. The lowest BCUT2D eigenvalue weighted by Gasteiger charge is -2.24. The molecule has 0 spiro atoms. The van der Waals surface area contributed by atoms with Crippen LogP contribution >= 0.6 is 0 Å². The van der Waals surface area contributed by atoms with Crippen LogP contribution in [0.15, 0.2) is 22.3 Å². The molecule has 0 amide bonds. The minimum atomic E-state index is 0.269. The number of hydrogen-bond donors (Lipinski definition) is 1. The fraction of sp³-hybridized carbons (Fsp3) is 0.583. The highest BCUT2D eigenvalue weighted by molar-refractivity contribution is 5.61. The molecule has 0 aromatic carbocycles. The Morgan fingerprint density at radius 2 is 2.12 bits per heavy atom. The largest absolute Gasteiger partial charge is 0.388 e. The van der Waals surface area contributed by atoms with Crippen LogP contribution in [0.1, 0.15) is 25.7 Å². The van der Waals surface area contributed by atoms with Crippen molar-refractivity contribution >= 4 is 13.1 Å². The Bertz CT molecular complexity index is 293. The van der Waals surface area contributed by atoms with Crippen LogP contribution in [0, 0.1) is 17.2 Å². The van der Waals surface area contributed by atoms with Crippen LogP contribution in [0.25, 0.3) is 0 Å². The molecule has 0 saturated heterocycles. The molecule has 16 heavy (non-hydrogen) atoms. The molecule has 4 heteroatoms. The van der Waals surface area contributed by atoms with Gasteiger partial charge in [-0.15, -0.1) is 0 Å². The molecule has 1 fully saturated rings. The van der Waals surface area contributed by atoms with E-state index >= 15 is 0 Å². The van der Waals surface area contributed by atoms with Crippen LogP contribution in [0.4, 0.5) is 0 Å². The van der Waals surface area contributed by atoms with Crippen molar-refractivity contribution in [2.75, 3.05) is 6.54 Å². The van der Waals surface area contributed by atoms with Gasteiger partial charge in [-0.25, -0.2) is 0 Å². The molecule has 1 aliphatic rings. The second-order valence-electron chi connectivity index (χ2n) is 3.91. The summed E-state index contributed by atoms with van der Waals surface area (Å²) in [6.07, 6.45) is 9.54. The van der Waals surface area contributed by atoms with E-state index in [-0.39, 0.29) is 5.92 Å². The Hall–Kier alpha value is -1.63. The molecule has 0 aromatic heterocycles. The van der Waals surface area contributed by atoms with E-state index in [0.717, 1.165) is 25.7 Å². The lowest BCUT2D eigenvalue weighted by molar-refractivity contribution is 0.354. The first-order chi connectivity index (χ1) is 7.86. The van der Waals surface area contributed by atoms with Crippen LogP contribution in [-0.4, -0.2) is 25.6 Å². The molecule has 1 rings (SSSR count). The standard InChI is InChI=1S/C12H18N4/c1-14-10-15-7-2-8-16-12-5-3-11(9-13)4-6-12/h2,8,10-12,16H,1,3-7H2/b8-2+,15-10?. The molecule has 0 aromatic rings. The molecule has 4 nitrogen and oxygen atoms in total. The summed E-state index contributed by atoms with van der Waals surface area (Å²) in [4.78, 5) is 7.49. The van der Waals surface area contributed by atoms with Gasteiger partial charge in [0, 0.05) is 12.0 Å². The smallest absolute Gasteiger partial charge is 0.109 e. The minimum Gasteiger partial charge on any atom is -0.388 e. The third-order valence-electron chi connectivity index (χ3n) is 2.73. The second-order valence-corrected chi connectivity index (χ2v) is 3.91. The van der Waals surface area contributed by atoms with Crippen molar-refractivity contribution in [3.63, 3.8) is 0 Å². The van der Waals surface area contributed by atoms with E-state index < -0.39 is 0 Å². The fourth-order valence-electron chi connectivity index (χ4n) is 1.81. The lowest BCUT2D eigenvalue weighted by atomic mass is 9.87. The van der Waals surface area contributed by atoms with Crippen LogP contribution in [0.2, 0.25) is 0 Å². The Morgan fingerprint density at radius 1 is 1.38 bits per heavy atom. The van der Waals surface area contributed by atoms with Crippen LogP contribution in [-0.2, 0) is 0 Å². The van der Waals surface area contributed by atoms with Gasteiger partial charge in [-0.3, -0.25) is 9.98 Å². The summed E-state index contributed by atoms with van der Waals surface area (Å²) < 4.78 is 0. The van der Waals surface area contributed by atoms with Gasteiger partial charge in [0.2, 0.25) is 0 Å². The Labute approximate surface area is 96.8 Å². The monoisotopic (exact) mass is 218 g/mol. The second kappa shape index (κ2) is 7.63. The maximum atomic E-state index is 8.76. The quantitative estimate of drug-likeness (QED) is 0.566. The van der Waals surface area contributed by atoms with Gasteiger partial charge in [-0.05, 0) is 44.7 Å². The van der Waals surface area contributed by atoms with Crippen LogP contribution < -0.4 is 5.32 Å². The molecule has 1 aliphatic carbocycles. The summed E-state index contributed by atoms with van der Waals surface area (Å²) in [6, 6.07) is 2.85. The van der Waals surface area contributed by atoms with Gasteiger partial charge < -0.3 is 5.32 Å². The van der Waals surface area contributed by atoms with Crippen LogP contribution in [0.5, 0.6) is 0 Å².